The molecule has 2 heterocycles. The average molecular weight is 273 g/mol. The SMILES string of the molecule is Nc1nnc(SCC(=O)Nc2nonc2N)s1. The highest BCUT2D eigenvalue weighted by Crippen LogP contribution is 2.23. The number of thioether (sulfide) groups is 1. The number of hydrogen-bond acceptors (Lipinski definition) is 10. The Kier molecular flexibility index (Phi) is 3.39. The molecule has 9 nitrogen and oxygen atoms in total. The van der Waals surface area contributed by atoms with E-state index in [0.717, 1.165) is 0 Å². The Balaban J connectivity index is 1.84. The molecule has 0 bridgehead atoms. The first-order valence-electron chi connectivity index (χ1n) is 4.25. The highest BCUT2D eigenvalue weighted by atomic mass is 32.2. The zero-order valence-electron chi connectivity index (χ0n) is 8.28. The maximum atomic E-state index is 11.5. The standard InChI is InChI=1S/C6H7N7O2S2/c7-3-4(13-15-12-3)9-2(14)1-16-6-11-10-5(8)17-6/h1H2,(H2,7,12)(H2,8,10)(H,9,13,14). The van der Waals surface area contributed by atoms with Crippen LogP contribution in [0.3, 0.4) is 0 Å². The van der Waals surface area contributed by atoms with E-state index in [1.165, 1.54) is 23.1 Å². The Hall–Kier alpha value is -1.88. The first kappa shape index (κ1) is 11.6. The van der Waals surface area contributed by atoms with Crippen LogP contribution in [0, 0.1) is 0 Å². The van der Waals surface area contributed by atoms with E-state index < -0.39 is 0 Å². The second-order valence-electron chi connectivity index (χ2n) is 2.74. The fraction of sp³-hybridized carbons (Fsp3) is 0.167. The van der Waals surface area contributed by atoms with Crippen molar-refractivity contribution in [3.8, 4) is 0 Å². The molecular weight excluding hydrogens is 266 g/mol. The number of nitrogens with two attached hydrogens (primary N) is 2. The van der Waals surface area contributed by atoms with E-state index in [2.05, 4.69) is 30.5 Å². The highest BCUT2D eigenvalue weighted by molar-refractivity contribution is 8.01. The van der Waals surface area contributed by atoms with Gasteiger partial charge in [0.25, 0.3) is 0 Å². The van der Waals surface area contributed by atoms with Gasteiger partial charge in [-0.1, -0.05) is 23.1 Å². The minimum atomic E-state index is -0.300. The van der Waals surface area contributed by atoms with Gasteiger partial charge in [-0.2, -0.15) is 0 Å². The fourth-order valence-corrected chi connectivity index (χ4v) is 2.29. The lowest BCUT2D eigenvalue weighted by molar-refractivity contribution is -0.113. The molecule has 0 fully saturated rings. The Morgan fingerprint density at radius 3 is 2.82 bits per heavy atom. The summed E-state index contributed by atoms with van der Waals surface area (Å²) in [6.07, 6.45) is 0. The molecule has 0 aromatic carbocycles. The van der Waals surface area contributed by atoms with Gasteiger partial charge >= 0.3 is 0 Å². The molecule has 0 unspecified atom stereocenters. The molecule has 17 heavy (non-hydrogen) atoms. The lowest BCUT2D eigenvalue weighted by Gasteiger charge is -1.98. The summed E-state index contributed by atoms with van der Waals surface area (Å²) in [5, 5.41) is 16.9. The van der Waals surface area contributed by atoms with Crippen molar-refractivity contribution in [3.05, 3.63) is 0 Å². The fourth-order valence-electron chi connectivity index (χ4n) is 0.856. The smallest absolute Gasteiger partial charge is 0.236 e. The predicted molar refractivity (Wildman–Crippen MR) is 62.4 cm³/mol. The number of carbonyl (C=O) groups is 1. The van der Waals surface area contributed by atoms with Crippen LogP contribution in [0.4, 0.5) is 16.8 Å². The van der Waals surface area contributed by atoms with Crippen LogP contribution < -0.4 is 16.8 Å². The molecule has 0 radical (unpaired) electrons. The predicted octanol–water partition coefficient (Wildman–Crippen LogP) is -0.184. The Morgan fingerprint density at radius 2 is 2.24 bits per heavy atom. The molecule has 2 aromatic heterocycles. The summed E-state index contributed by atoms with van der Waals surface area (Å²) >= 11 is 2.42. The number of rotatable bonds is 4. The van der Waals surface area contributed by atoms with Gasteiger partial charge in [0, 0.05) is 0 Å². The number of carbonyl (C=O) groups excluding carboxylic acids is 1. The van der Waals surface area contributed by atoms with E-state index in [1.807, 2.05) is 0 Å². The van der Waals surface area contributed by atoms with E-state index in [-0.39, 0.29) is 23.3 Å². The molecule has 2 aromatic rings. The number of nitrogens with one attached hydrogen (secondary N) is 1. The summed E-state index contributed by atoms with van der Waals surface area (Å²) < 4.78 is 4.94. The Labute approximate surface area is 103 Å². The Bertz CT molecular complexity index is 524. The topological polar surface area (TPSA) is 146 Å². The van der Waals surface area contributed by atoms with Gasteiger partial charge in [0.15, 0.2) is 4.34 Å². The number of hydrogen-bond donors (Lipinski definition) is 3. The molecule has 0 aliphatic carbocycles. The van der Waals surface area contributed by atoms with Crippen molar-refractivity contribution >= 4 is 45.8 Å². The summed E-state index contributed by atoms with van der Waals surface area (Å²) in [5.74, 6) is -0.0249. The summed E-state index contributed by atoms with van der Waals surface area (Å²) in [6, 6.07) is 0. The number of aromatic nitrogens is 4. The van der Waals surface area contributed by atoms with E-state index in [0.29, 0.717) is 9.47 Å². The van der Waals surface area contributed by atoms with Gasteiger partial charge in [0.2, 0.25) is 22.7 Å². The third-order valence-electron chi connectivity index (χ3n) is 1.52. The lowest BCUT2D eigenvalue weighted by Crippen LogP contribution is -2.15. The largest absolute Gasteiger partial charge is 0.378 e. The first-order valence-corrected chi connectivity index (χ1v) is 6.05. The molecule has 0 aliphatic heterocycles. The molecule has 90 valence electrons. The number of anilines is 3. The zero-order chi connectivity index (χ0) is 12.3. The van der Waals surface area contributed by atoms with Crippen LogP contribution in [-0.4, -0.2) is 32.2 Å². The van der Waals surface area contributed by atoms with Gasteiger partial charge in [-0.25, -0.2) is 4.63 Å². The van der Waals surface area contributed by atoms with Gasteiger partial charge in [0.05, 0.1) is 5.75 Å². The van der Waals surface area contributed by atoms with Crippen LogP contribution in [0.2, 0.25) is 0 Å². The lowest BCUT2D eigenvalue weighted by atomic mass is 10.6. The molecule has 0 spiro atoms. The second kappa shape index (κ2) is 4.97. The van der Waals surface area contributed by atoms with Gasteiger partial charge in [-0.05, 0) is 10.3 Å². The van der Waals surface area contributed by atoms with Crippen molar-refractivity contribution in [1.29, 1.82) is 0 Å². The monoisotopic (exact) mass is 273 g/mol. The van der Waals surface area contributed by atoms with E-state index in [1.54, 1.807) is 0 Å². The third kappa shape index (κ3) is 3.04. The second-order valence-corrected chi connectivity index (χ2v) is 4.97. The molecule has 2 rings (SSSR count). The number of nitrogen functional groups attached to an aromatic ring is 2. The average Bonchev–Trinajstić information content (AvgIpc) is 2.86. The zero-order valence-corrected chi connectivity index (χ0v) is 9.92. The minimum absolute atomic E-state index is 0.0310. The van der Waals surface area contributed by atoms with Crippen molar-refractivity contribution in [1.82, 2.24) is 20.5 Å². The molecule has 1 amide bonds. The molecule has 5 N–H and O–H groups in total. The quantitative estimate of drug-likeness (QED) is 0.645. The van der Waals surface area contributed by atoms with Crippen LogP contribution in [0.1, 0.15) is 0 Å². The van der Waals surface area contributed by atoms with Gasteiger partial charge in [-0.15, -0.1) is 10.2 Å². The molecule has 0 saturated heterocycles. The third-order valence-corrected chi connectivity index (χ3v) is 3.41. The molecule has 11 heteroatoms. The van der Waals surface area contributed by atoms with Crippen LogP contribution in [-0.2, 0) is 4.79 Å². The summed E-state index contributed by atoms with van der Waals surface area (Å²) in [4.78, 5) is 11.5. The maximum Gasteiger partial charge on any atom is 0.236 e. The normalized spacial score (nSPS) is 10.4. The number of amides is 1. The van der Waals surface area contributed by atoms with Crippen LogP contribution in [0.15, 0.2) is 8.97 Å². The maximum absolute atomic E-state index is 11.5. The minimum Gasteiger partial charge on any atom is -0.378 e. The van der Waals surface area contributed by atoms with Crippen molar-refractivity contribution in [3.63, 3.8) is 0 Å². The Morgan fingerprint density at radius 1 is 1.41 bits per heavy atom. The van der Waals surface area contributed by atoms with Gasteiger partial charge in [-0.3, -0.25) is 4.79 Å². The van der Waals surface area contributed by atoms with E-state index in [9.17, 15) is 4.79 Å². The van der Waals surface area contributed by atoms with Crippen molar-refractivity contribution in [2.45, 2.75) is 4.34 Å². The van der Waals surface area contributed by atoms with Gasteiger partial charge in [0.1, 0.15) is 0 Å². The highest BCUT2D eigenvalue weighted by Gasteiger charge is 2.11. The van der Waals surface area contributed by atoms with E-state index in [4.69, 9.17) is 11.5 Å². The first-order chi connectivity index (χ1) is 8.15. The molecule has 0 aliphatic rings. The molecular formula is C6H7N7O2S2. The molecule has 0 atom stereocenters. The van der Waals surface area contributed by atoms with Crippen LogP contribution in [0.25, 0.3) is 0 Å². The molecule has 0 saturated carbocycles. The van der Waals surface area contributed by atoms with Crippen molar-refractivity contribution < 1.29 is 9.42 Å². The van der Waals surface area contributed by atoms with Crippen LogP contribution in [0.5, 0.6) is 0 Å². The summed E-state index contributed by atoms with van der Waals surface area (Å²) in [7, 11) is 0. The summed E-state index contributed by atoms with van der Waals surface area (Å²) in [5.41, 5.74) is 10.8. The van der Waals surface area contributed by atoms with Gasteiger partial charge < -0.3 is 16.8 Å². The van der Waals surface area contributed by atoms with E-state index >= 15 is 0 Å². The van der Waals surface area contributed by atoms with Crippen molar-refractivity contribution in [2.75, 3.05) is 22.5 Å². The van der Waals surface area contributed by atoms with Crippen molar-refractivity contribution in [2.24, 2.45) is 0 Å². The summed E-state index contributed by atoms with van der Waals surface area (Å²) in [6.45, 7) is 0. The van der Waals surface area contributed by atoms with Crippen LogP contribution >= 0.6 is 23.1 Å². The number of nitrogens with zero attached hydrogens (tertiary/aromatic N) is 4.